The molecule has 2 amide bonds. The fraction of sp³-hybridized carbons (Fsp3) is 0.292. The molecule has 7 nitrogen and oxygen atoms in total. The summed E-state index contributed by atoms with van der Waals surface area (Å²) in [6.45, 7) is 0.392. The third kappa shape index (κ3) is 4.83. The van der Waals surface area contributed by atoms with Crippen molar-refractivity contribution in [3.63, 3.8) is 0 Å². The molecule has 7 heteroatoms. The number of anilines is 1. The van der Waals surface area contributed by atoms with Gasteiger partial charge in [-0.3, -0.25) is 19.8 Å². The van der Waals surface area contributed by atoms with Crippen LogP contribution in [0.2, 0.25) is 0 Å². The van der Waals surface area contributed by atoms with Crippen molar-refractivity contribution in [2.75, 3.05) is 5.32 Å². The number of amides is 2. The number of hydroxylamine groups is 1. The van der Waals surface area contributed by atoms with Crippen molar-refractivity contribution in [2.45, 2.75) is 32.3 Å². The van der Waals surface area contributed by atoms with E-state index in [4.69, 9.17) is 9.94 Å². The van der Waals surface area contributed by atoms with Crippen LogP contribution in [0.1, 0.15) is 31.2 Å². The van der Waals surface area contributed by atoms with Crippen LogP contribution >= 0.6 is 0 Å². The van der Waals surface area contributed by atoms with Gasteiger partial charge in [0.1, 0.15) is 12.4 Å². The summed E-state index contributed by atoms with van der Waals surface area (Å²) in [5, 5.41) is 12.8. The molecule has 0 aliphatic heterocycles. The third-order valence-corrected chi connectivity index (χ3v) is 5.77. The van der Waals surface area contributed by atoms with E-state index in [9.17, 15) is 9.59 Å². The first kappa shape index (κ1) is 20.8. The zero-order valence-electron chi connectivity index (χ0n) is 17.1. The highest BCUT2D eigenvalue weighted by atomic mass is 16.5. The normalized spacial score (nSPS) is 18.4. The van der Waals surface area contributed by atoms with Crippen LogP contribution in [0.3, 0.4) is 0 Å². The summed E-state index contributed by atoms with van der Waals surface area (Å²) in [7, 11) is 0. The molecule has 3 aromatic rings. The van der Waals surface area contributed by atoms with Crippen LogP contribution in [0.25, 0.3) is 10.9 Å². The maximum Gasteiger partial charge on any atom is 0.247 e. The van der Waals surface area contributed by atoms with Crippen LogP contribution in [-0.2, 0) is 16.2 Å². The van der Waals surface area contributed by atoms with Gasteiger partial charge in [-0.15, -0.1) is 0 Å². The topological polar surface area (TPSA) is 101 Å². The zero-order chi connectivity index (χ0) is 21.6. The molecule has 2 atom stereocenters. The molecular formula is C24H25N3O4. The van der Waals surface area contributed by atoms with E-state index < -0.39 is 17.7 Å². The number of aromatic nitrogens is 1. The van der Waals surface area contributed by atoms with E-state index in [1.54, 1.807) is 11.7 Å². The Bertz CT molecular complexity index is 1060. The van der Waals surface area contributed by atoms with E-state index in [0.29, 0.717) is 25.1 Å². The molecule has 4 rings (SSSR count). The largest absolute Gasteiger partial charge is 0.488 e. The molecule has 0 bridgehead atoms. The molecule has 1 heterocycles. The minimum Gasteiger partial charge on any atom is -0.488 e. The van der Waals surface area contributed by atoms with E-state index >= 15 is 0 Å². The van der Waals surface area contributed by atoms with Crippen LogP contribution in [0.15, 0.2) is 60.8 Å². The maximum atomic E-state index is 12.7. The second-order valence-corrected chi connectivity index (χ2v) is 7.77. The van der Waals surface area contributed by atoms with E-state index in [-0.39, 0.29) is 5.91 Å². The number of nitrogens with one attached hydrogen (secondary N) is 2. The van der Waals surface area contributed by atoms with Crippen LogP contribution in [0.5, 0.6) is 5.75 Å². The van der Waals surface area contributed by atoms with Crippen molar-refractivity contribution in [1.82, 2.24) is 10.5 Å². The Balaban J connectivity index is 1.38. The molecule has 1 aromatic heterocycles. The predicted molar refractivity (Wildman–Crippen MR) is 117 cm³/mol. The minimum absolute atomic E-state index is 0.194. The molecule has 0 saturated heterocycles. The van der Waals surface area contributed by atoms with Crippen molar-refractivity contribution in [2.24, 2.45) is 11.8 Å². The highest BCUT2D eigenvalue weighted by molar-refractivity contribution is 5.96. The highest BCUT2D eigenvalue weighted by Gasteiger charge is 2.35. The van der Waals surface area contributed by atoms with Gasteiger partial charge in [0.25, 0.3) is 0 Å². The van der Waals surface area contributed by atoms with Crippen molar-refractivity contribution in [3.8, 4) is 5.75 Å². The molecule has 1 aliphatic carbocycles. The summed E-state index contributed by atoms with van der Waals surface area (Å²) in [5.41, 5.74) is 4.21. The Morgan fingerprint density at radius 3 is 2.42 bits per heavy atom. The predicted octanol–water partition coefficient (Wildman–Crippen LogP) is 4.06. The Morgan fingerprint density at radius 2 is 1.68 bits per heavy atom. The van der Waals surface area contributed by atoms with E-state index in [1.807, 2.05) is 54.6 Å². The highest BCUT2D eigenvalue weighted by Crippen LogP contribution is 2.31. The van der Waals surface area contributed by atoms with Crippen LogP contribution in [-0.4, -0.2) is 22.0 Å². The molecule has 2 unspecified atom stereocenters. The standard InChI is InChI=1S/C24H25N3O4/c28-23(18-5-1-2-6-19(18)24(29)27-30)26-17-11-9-16(10-12-17)15-31-22-13-14-25-21-8-4-3-7-20(21)22/h3-4,7-14,18-19,30H,1-2,5-6,15H2,(H,26,28)(H,27,29). The molecule has 0 radical (unpaired) electrons. The molecule has 3 N–H and O–H groups in total. The second kappa shape index (κ2) is 9.57. The Labute approximate surface area is 180 Å². The van der Waals surface area contributed by atoms with Gasteiger partial charge < -0.3 is 10.1 Å². The minimum atomic E-state index is -0.499. The number of pyridine rings is 1. The lowest BCUT2D eigenvalue weighted by molar-refractivity contribution is -0.140. The summed E-state index contributed by atoms with van der Waals surface area (Å²) in [6, 6.07) is 17.1. The number of ether oxygens (including phenoxy) is 1. The number of hydrogen-bond donors (Lipinski definition) is 3. The Hall–Kier alpha value is -3.45. The lowest BCUT2D eigenvalue weighted by atomic mass is 9.78. The first-order chi connectivity index (χ1) is 15.2. The smallest absolute Gasteiger partial charge is 0.247 e. The number of hydrogen-bond acceptors (Lipinski definition) is 5. The summed E-state index contributed by atoms with van der Waals surface area (Å²) < 4.78 is 5.98. The van der Waals surface area contributed by atoms with Crippen LogP contribution < -0.4 is 15.5 Å². The van der Waals surface area contributed by atoms with Crippen molar-refractivity contribution >= 4 is 28.4 Å². The van der Waals surface area contributed by atoms with Gasteiger partial charge in [0.05, 0.1) is 11.4 Å². The van der Waals surface area contributed by atoms with E-state index in [2.05, 4.69) is 10.3 Å². The van der Waals surface area contributed by atoms with Gasteiger partial charge in [-0.2, -0.15) is 0 Å². The number of rotatable bonds is 6. The average molecular weight is 419 g/mol. The summed E-state index contributed by atoms with van der Waals surface area (Å²) >= 11 is 0. The first-order valence-electron chi connectivity index (χ1n) is 10.5. The lowest BCUT2D eigenvalue weighted by Gasteiger charge is -2.28. The lowest BCUT2D eigenvalue weighted by Crippen LogP contribution is -2.40. The first-order valence-corrected chi connectivity index (χ1v) is 10.5. The van der Waals surface area contributed by atoms with Gasteiger partial charge >= 0.3 is 0 Å². The number of carbonyl (C=O) groups excluding carboxylic acids is 2. The summed E-state index contributed by atoms with van der Waals surface area (Å²) in [5.74, 6) is -0.851. The number of para-hydroxylation sites is 1. The van der Waals surface area contributed by atoms with E-state index in [1.165, 1.54) is 0 Å². The quantitative estimate of drug-likeness (QED) is 0.413. The van der Waals surface area contributed by atoms with Crippen LogP contribution in [0.4, 0.5) is 5.69 Å². The Morgan fingerprint density at radius 1 is 0.968 bits per heavy atom. The number of carbonyl (C=O) groups is 2. The fourth-order valence-corrected chi connectivity index (χ4v) is 4.12. The van der Waals surface area contributed by atoms with E-state index in [0.717, 1.165) is 35.1 Å². The summed E-state index contributed by atoms with van der Waals surface area (Å²) in [6.07, 6.45) is 4.74. The monoisotopic (exact) mass is 419 g/mol. The molecule has 160 valence electrons. The number of fused-ring (bicyclic) bond motifs is 1. The van der Waals surface area contributed by atoms with Gasteiger partial charge in [0, 0.05) is 23.2 Å². The van der Waals surface area contributed by atoms with Gasteiger partial charge in [0.15, 0.2) is 0 Å². The zero-order valence-corrected chi connectivity index (χ0v) is 17.1. The molecule has 31 heavy (non-hydrogen) atoms. The summed E-state index contributed by atoms with van der Waals surface area (Å²) in [4.78, 5) is 28.9. The second-order valence-electron chi connectivity index (χ2n) is 7.77. The van der Waals surface area contributed by atoms with Crippen molar-refractivity contribution in [3.05, 3.63) is 66.4 Å². The Kier molecular flexibility index (Phi) is 6.43. The van der Waals surface area contributed by atoms with Gasteiger partial charge in [-0.25, -0.2) is 5.48 Å². The average Bonchev–Trinajstić information content (AvgIpc) is 2.83. The SMILES string of the molecule is O=C(NO)C1CCCCC1C(=O)Nc1ccc(COc2ccnc3ccccc23)cc1. The molecule has 1 fully saturated rings. The van der Waals surface area contributed by atoms with Gasteiger partial charge in [0.2, 0.25) is 11.8 Å². The third-order valence-electron chi connectivity index (χ3n) is 5.77. The molecule has 2 aromatic carbocycles. The molecule has 1 saturated carbocycles. The molecule has 0 spiro atoms. The number of nitrogens with zero attached hydrogens (tertiary/aromatic N) is 1. The number of benzene rings is 2. The fourth-order valence-electron chi connectivity index (χ4n) is 4.12. The molecule has 1 aliphatic rings. The van der Waals surface area contributed by atoms with Gasteiger partial charge in [-0.05, 0) is 48.7 Å². The maximum absolute atomic E-state index is 12.7. The molecular weight excluding hydrogens is 394 g/mol. The van der Waals surface area contributed by atoms with Crippen molar-refractivity contribution in [1.29, 1.82) is 0 Å². The van der Waals surface area contributed by atoms with Crippen molar-refractivity contribution < 1.29 is 19.5 Å². The van der Waals surface area contributed by atoms with Gasteiger partial charge in [-0.1, -0.05) is 37.1 Å². The van der Waals surface area contributed by atoms with Crippen LogP contribution in [0, 0.1) is 11.8 Å².